The number of thiophene rings is 1. The summed E-state index contributed by atoms with van der Waals surface area (Å²) >= 11 is 4.89. The molecule has 0 fully saturated rings. The van der Waals surface area contributed by atoms with Crippen molar-refractivity contribution in [3.05, 3.63) is 64.1 Å². The maximum Gasteiger partial charge on any atom is 0.253 e. The number of pyridine rings is 1. The molecule has 0 bridgehead atoms. The summed E-state index contributed by atoms with van der Waals surface area (Å²) in [6.07, 6.45) is 6.43. The van der Waals surface area contributed by atoms with Crippen LogP contribution in [-0.2, 0) is 6.54 Å². The number of nitrogens with one attached hydrogen (secondary N) is 1. The van der Waals surface area contributed by atoms with Gasteiger partial charge in [-0.3, -0.25) is 19.7 Å². The first-order chi connectivity index (χ1) is 10.7. The standard InChI is InChI=1S/C15H11BrN4OS/c16-11-6-10(7-17-8-11)15(21)20-9-12-14(19-4-3-18-12)13-2-1-5-22-13/h1-8H,9H2,(H,20,21). The minimum absolute atomic E-state index is 0.198. The maximum absolute atomic E-state index is 12.2. The Morgan fingerprint density at radius 3 is 2.91 bits per heavy atom. The molecule has 0 aliphatic carbocycles. The van der Waals surface area contributed by atoms with Crippen molar-refractivity contribution in [3.63, 3.8) is 0 Å². The van der Waals surface area contributed by atoms with E-state index in [2.05, 4.69) is 36.2 Å². The Morgan fingerprint density at radius 2 is 2.14 bits per heavy atom. The first-order valence-corrected chi connectivity index (χ1v) is 8.14. The highest BCUT2D eigenvalue weighted by Crippen LogP contribution is 2.24. The van der Waals surface area contributed by atoms with Gasteiger partial charge in [-0.15, -0.1) is 11.3 Å². The van der Waals surface area contributed by atoms with E-state index in [1.807, 2.05) is 17.5 Å². The first-order valence-electron chi connectivity index (χ1n) is 6.46. The maximum atomic E-state index is 12.2. The van der Waals surface area contributed by atoms with Gasteiger partial charge in [-0.05, 0) is 33.4 Å². The number of nitrogens with zero attached hydrogens (tertiary/aromatic N) is 3. The van der Waals surface area contributed by atoms with Crippen LogP contribution in [0.15, 0.2) is 52.8 Å². The molecule has 0 aliphatic heterocycles. The number of hydrogen-bond donors (Lipinski definition) is 1. The summed E-state index contributed by atoms with van der Waals surface area (Å²) in [6.45, 7) is 0.312. The molecule has 22 heavy (non-hydrogen) atoms. The van der Waals surface area contributed by atoms with E-state index in [9.17, 15) is 4.79 Å². The summed E-state index contributed by atoms with van der Waals surface area (Å²) in [7, 11) is 0. The van der Waals surface area contributed by atoms with Gasteiger partial charge in [0.1, 0.15) is 5.69 Å². The summed E-state index contributed by atoms with van der Waals surface area (Å²) in [5.41, 5.74) is 2.03. The van der Waals surface area contributed by atoms with Crippen LogP contribution in [0.3, 0.4) is 0 Å². The van der Waals surface area contributed by atoms with Crippen molar-refractivity contribution < 1.29 is 4.79 Å². The molecule has 0 aliphatic rings. The van der Waals surface area contributed by atoms with Crippen LogP contribution in [0.2, 0.25) is 0 Å². The normalized spacial score (nSPS) is 10.4. The molecule has 0 radical (unpaired) electrons. The lowest BCUT2D eigenvalue weighted by atomic mass is 10.2. The minimum atomic E-state index is -0.198. The second-order valence-corrected chi connectivity index (χ2v) is 6.27. The van der Waals surface area contributed by atoms with Crippen LogP contribution in [0.5, 0.6) is 0 Å². The van der Waals surface area contributed by atoms with Gasteiger partial charge in [-0.2, -0.15) is 0 Å². The molecule has 0 unspecified atom stereocenters. The third-order valence-corrected chi connectivity index (χ3v) is 4.22. The van der Waals surface area contributed by atoms with Gasteiger partial charge in [0.2, 0.25) is 0 Å². The Bertz CT molecular complexity index is 792. The molecule has 1 amide bonds. The van der Waals surface area contributed by atoms with E-state index in [-0.39, 0.29) is 5.91 Å². The first kappa shape index (κ1) is 14.8. The summed E-state index contributed by atoms with van der Waals surface area (Å²) < 4.78 is 0.763. The molecular formula is C15H11BrN4OS. The Kier molecular flexibility index (Phi) is 4.55. The van der Waals surface area contributed by atoms with Crippen LogP contribution in [-0.4, -0.2) is 20.9 Å². The third kappa shape index (κ3) is 3.37. The number of aromatic nitrogens is 3. The largest absolute Gasteiger partial charge is 0.346 e. The van der Waals surface area contributed by atoms with Gasteiger partial charge in [0.05, 0.1) is 22.7 Å². The monoisotopic (exact) mass is 374 g/mol. The molecule has 3 rings (SSSR count). The van der Waals surface area contributed by atoms with Crippen molar-refractivity contribution in [1.82, 2.24) is 20.3 Å². The van der Waals surface area contributed by atoms with Crippen molar-refractivity contribution in [2.24, 2.45) is 0 Å². The fraction of sp³-hybridized carbons (Fsp3) is 0.0667. The Hall–Kier alpha value is -2.12. The van der Waals surface area contributed by atoms with E-state index in [0.29, 0.717) is 12.1 Å². The van der Waals surface area contributed by atoms with Gasteiger partial charge in [-0.1, -0.05) is 6.07 Å². The number of carbonyl (C=O) groups excluding carboxylic acids is 1. The van der Waals surface area contributed by atoms with E-state index in [1.165, 1.54) is 6.20 Å². The Morgan fingerprint density at radius 1 is 1.27 bits per heavy atom. The highest BCUT2D eigenvalue weighted by Gasteiger charge is 2.11. The third-order valence-electron chi connectivity index (χ3n) is 2.91. The van der Waals surface area contributed by atoms with Crippen LogP contribution in [0.1, 0.15) is 16.1 Å². The van der Waals surface area contributed by atoms with Gasteiger partial charge in [0.15, 0.2) is 0 Å². The van der Waals surface area contributed by atoms with Gasteiger partial charge in [-0.25, -0.2) is 0 Å². The zero-order valence-corrected chi connectivity index (χ0v) is 13.8. The van der Waals surface area contributed by atoms with Gasteiger partial charge >= 0.3 is 0 Å². The molecule has 0 spiro atoms. The number of carbonyl (C=O) groups is 1. The van der Waals surface area contributed by atoms with Crippen LogP contribution < -0.4 is 5.32 Å². The zero-order chi connectivity index (χ0) is 15.4. The smallest absolute Gasteiger partial charge is 0.253 e. The van der Waals surface area contributed by atoms with E-state index in [0.717, 1.165) is 20.7 Å². The zero-order valence-electron chi connectivity index (χ0n) is 11.4. The van der Waals surface area contributed by atoms with E-state index >= 15 is 0 Å². The summed E-state index contributed by atoms with van der Waals surface area (Å²) in [6, 6.07) is 5.67. The second-order valence-electron chi connectivity index (χ2n) is 4.40. The molecule has 3 aromatic heterocycles. The van der Waals surface area contributed by atoms with Crippen LogP contribution >= 0.6 is 27.3 Å². The van der Waals surface area contributed by atoms with E-state index < -0.39 is 0 Å². The molecule has 5 nitrogen and oxygen atoms in total. The molecule has 110 valence electrons. The predicted molar refractivity (Wildman–Crippen MR) is 88.5 cm³/mol. The molecule has 0 aromatic carbocycles. The summed E-state index contributed by atoms with van der Waals surface area (Å²) in [5.74, 6) is -0.198. The Labute approximate surface area is 139 Å². The summed E-state index contributed by atoms with van der Waals surface area (Å²) in [4.78, 5) is 25.8. The quantitative estimate of drug-likeness (QED) is 0.760. The van der Waals surface area contributed by atoms with Crippen molar-refractivity contribution in [1.29, 1.82) is 0 Å². The molecular weight excluding hydrogens is 364 g/mol. The van der Waals surface area contributed by atoms with Crippen molar-refractivity contribution in [2.45, 2.75) is 6.54 Å². The lowest BCUT2D eigenvalue weighted by Crippen LogP contribution is -2.24. The summed E-state index contributed by atoms with van der Waals surface area (Å²) in [5, 5.41) is 4.83. The molecule has 3 heterocycles. The molecule has 1 N–H and O–H groups in total. The molecule has 0 saturated heterocycles. The number of amides is 1. The second kappa shape index (κ2) is 6.76. The molecule has 0 saturated carbocycles. The number of hydrogen-bond acceptors (Lipinski definition) is 5. The Balaban J connectivity index is 1.76. The highest BCUT2D eigenvalue weighted by atomic mass is 79.9. The number of rotatable bonds is 4. The molecule has 3 aromatic rings. The topological polar surface area (TPSA) is 67.8 Å². The highest BCUT2D eigenvalue weighted by molar-refractivity contribution is 9.10. The van der Waals surface area contributed by atoms with E-state index in [4.69, 9.17) is 0 Å². The molecule has 0 atom stereocenters. The van der Waals surface area contributed by atoms with Gasteiger partial charge in [0, 0.05) is 29.3 Å². The fourth-order valence-electron chi connectivity index (χ4n) is 1.92. The van der Waals surface area contributed by atoms with Crippen LogP contribution in [0.25, 0.3) is 10.6 Å². The van der Waals surface area contributed by atoms with Crippen molar-refractivity contribution >= 4 is 33.2 Å². The molecule has 7 heteroatoms. The van der Waals surface area contributed by atoms with Gasteiger partial charge in [0.25, 0.3) is 5.91 Å². The average molecular weight is 375 g/mol. The lowest BCUT2D eigenvalue weighted by Gasteiger charge is -2.08. The lowest BCUT2D eigenvalue weighted by molar-refractivity contribution is 0.0950. The number of halogens is 1. The SMILES string of the molecule is O=C(NCc1nccnc1-c1cccs1)c1cncc(Br)c1. The van der Waals surface area contributed by atoms with E-state index in [1.54, 1.807) is 36.0 Å². The predicted octanol–water partition coefficient (Wildman–Crippen LogP) is 3.29. The van der Waals surface area contributed by atoms with Crippen molar-refractivity contribution in [3.8, 4) is 10.6 Å². The van der Waals surface area contributed by atoms with Gasteiger partial charge < -0.3 is 5.32 Å². The van der Waals surface area contributed by atoms with Crippen LogP contribution in [0.4, 0.5) is 0 Å². The van der Waals surface area contributed by atoms with Crippen LogP contribution in [0, 0.1) is 0 Å². The average Bonchev–Trinajstić information content (AvgIpc) is 3.07. The van der Waals surface area contributed by atoms with Crippen molar-refractivity contribution in [2.75, 3.05) is 0 Å². The fourth-order valence-corrected chi connectivity index (χ4v) is 3.03. The minimum Gasteiger partial charge on any atom is -0.346 e.